The van der Waals surface area contributed by atoms with E-state index in [9.17, 15) is 9.59 Å². The molecular formula is C22H21NO2. The normalized spacial score (nSPS) is 16.6. The molecular weight excluding hydrogens is 310 g/mol. The molecule has 3 aromatic carbocycles. The van der Waals surface area contributed by atoms with Crippen LogP contribution in [0.4, 0.5) is 11.4 Å². The first kappa shape index (κ1) is 15.8. The molecule has 0 aliphatic carbocycles. The fraction of sp³-hybridized carbons (Fsp3) is 0.273. The van der Waals surface area contributed by atoms with Crippen molar-refractivity contribution >= 4 is 11.4 Å². The number of fused-ring (bicyclic) bond motifs is 1. The van der Waals surface area contributed by atoms with Crippen molar-refractivity contribution in [1.29, 1.82) is 0 Å². The van der Waals surface area contributed by atoms with Crippen molar-refractivity contribution in [3.8, 4) is 11.1 Å². The van der Waals surface area contributed by atoms with Gasteiger partial charge in [0.15, 0.2) is 0 Å². The van der Waals surface area contributed by atoms with Gasteiger partial charge >= 0.3 is 0 Å². The van der Waals surface area contributed by atoms with Gasteiger partial charge in [0, 0.05) is 11.7 Å². The Morgan fingerprint density at radius 3 is 2.32 bits per heavy atom. The number of benzene rings is 2. The summed E-state index contributed by atoms with van der Waals surface area (Å²) in [6, 6.07) is 16.3. The van der Waals surface area contributed by atoms with Gasteiger partial charge in [-0.2, -0.15) is 0 Å². The van der Waals surface area contributed by atoms with Crippen LogP contribution in [0.15, 0.2) is 58.1 Å². The quantitative estimate of drug-likeness (QED) is 0.677. The number of hydrogen-bond acceptors (Lipinski definition) is 3. The van der Waals surface area contributed by atoms with E-state index in [1.54, 1.807) is 0 Å². The predicted octanol–water partition coefficient (Wildman–Crippen LogP) is 4.16. The van der Waals surface area contributed by atoms with Crippen molar-refractivity contribution in [3.05, 3.63) is 80.1 Å². The number of nitrogens with zero attached hydrogens (tertiary/aromatic N) is 1. The van der Waals surface area contributed by atoms with Gasteiger partial charge in [-0.15, -0.1) is 0 Å². The van der Waals surface area contributed by atoms with Crippen LogP contribution in [0.25, 0.3) is 11.1 Å². The molecule has 126 valence electrons. The number of hydrogen-bond donors (Lipinski definition) is 0. The zero-order valence-electron chi connectivity index (χ0n) is 14.7. The van der Waals surface area contributed by atoms with Crippen LogP contribution >= 0.6 is 0 Å². The highest BCUT2D eigenvalue weighted by Gasteiger charge is 2.35. The van der Waals surface area contributed by atoms with Crippen LogP contribution in [0.5, 0.6) is 0 Å². The molecule has 0 fully saturated rings. The highest BCUT2D eigenvalue weighted by molar-refractivity contribution is 5.88. The maximum atomic E-state index is 12.4. The fourth-order valence-electron chi connectivity index (χ4n) is 3.82. The van der Waals surface area contributed by atoms with Gasteiger partial charge in [0.25, 0.3) is 5.43 Å². The standard InChI is InChI=1S/C22H21NO2/c1-13(2)15-8-10-16(11-9-15)19-20(22(25)21(19)24)23-14(3)12-17-6-4-5-7-18(17)23/h4-11,13-14H,12H2,1-3H3/t14-/m0/s1. The van der Waals surface area contributed by atoms with Crippen LogP contribution in [0.1, 0.15) is 37.8 Å². The molecule has 0 saturated carbocycles. The highest BCUT2D eigenvalue weighted by Crippen LogP contribution is 2.40. The monoisotopic (exact) mass is 331 g/mol. The molecule has 0 spiro atoms. The third-order valence-electron chi connectivity index (χ3n) is 5.20. The summed E-state index contributed by atoms with van der Waals surface area (Å²) < 4.78 is 0. The molecule has 3 nitrogen and oxygen atoms in total. The largest absolute Gasteiger partial charge is 0.334 e. The average molecular weight is 331 g/mol. The molecule has 0 radical (unpaired) electrons. The number of rotatable bonds is 3. The lowest BCUT2D eigenvalue weighted by atomic mass is 9.94. The van der Waals surface area contributed by atoms with E-state index in [-0.39, 0.29) is 16.9 Å². The van der Waals surface area contributed by atoms with Crippen LogP contribution in [0, 0.1) is 0 Å². The summed E-state index contributed by atoms with van der Waals surface area (Å²) >= 11 is 0. The zero-order chi connectivity index (χ0) is 17.7. The zero-order valence-corrected chi connectivity index (χ0v) is 14.7. The molecule has 0 bridgehead atoms. The fourth-order valence-corrected chi connectivity index (χ4v) is 3.82. The van der Waals surface area contributed by atoms with Crippen molar-refractivity contribution in [1.82, 2.24) is 0 Å². The lowest BCUT2D eigenvalue weighted by Crippen LogP contribution is -2.42. The van der Waals surface area contributed by atoms with Crippen molar-refractivity contribution in [3.63, 3.8) is 0 Å². The van der Waals surface area contributed by atoms with Crippen molar-refractivity contribution in [2.45, 2.75) is 39.2 Å². The molecule has 25 heavy (non-hydrogen) atoms. The Bertz CT molecular complexity index is 1010. The van der Waals surface area contributed by atoms with Gasteiger partial charge in [0.2, 0.25) is 5.43 Å². The molecule has 1 aliphatic heterocycles. The summed E-state index contributed by atoms with van der Waals surface area (Å²) in [7, 11) is 0. The van der Waals surface area contributed by atoms with E-state index in [4.69, 9.17) is 0 Å². The summed E-state index contributed by atoms with van der Waals surface area (Å²) in [5.74, 6) is 0.437. The third kappa shape index (κ3) is 2.34. The van der Waals surface area contributed by atoms with Crippen LogP contribution in [0.2, 0.25) is 0 Å². The summed E-state index contributed by atoms with van der Waals surface area (Å²) in [6.07, 6.45) is 0.890. The molecule has 1 heterocycles. The first-order valence-electron chi connectivity index (χ1n) is 8.79. The molecule has 0 saturated heterocycles. The van der Waals surface area contributed by atoms with Gasteiger partial charge in [0.1, 0.15) is 5.69 Å². The Labute approximate surface area is 147 Å². The SMILES string of the molecule is CC(C)c1ccc(-c2c(N3c4ccccc4C[C@@H]3C)c(=O)c2=O)cc1. The van der Waals surface area contributed by atoms with Crippen molar-refractivity contribution < 1.29 is 0 Å². The molecule has 0 aromatic heterocycles. The van der Waals surface area contributed by atoms with E-state index < -0.39 is 0 Å². The second-order valence-electron chi connectivity index (χ2n) is 7.21. The van der Waals surface area contributed by atoms with Crippen LogP contribution < -0.4 is 15.8 Å². The minimum Gasteiger partial charge on any atom is -0.334 e. The lowest BCUT2D eigenvalue weighted by Gasteiger charge is -2.28. The number of para-hydroxylation sites is 1. The van der Waals surface area contributed by atoms with Gasteiger partial charge in [-0.1, -0.05) is 56.3 Å². The molecule has 1 aliphatic rings. The first-order chi connectivity index (χ1) is 12.0. The van der Waals surface area contributed by atoms with Gasteiger partial charge in [0.05, 0.1) is 5.56 Å². The second kappa shape index (κ2) is 5.69. The van der Waals surface area contributed by atoms with E-state index in [1.807, 2.05) is 47.4 Å². The average Bonchev–Trinajstić information content (AvgIpc) is 2.94. The predicted molar refractivity (Wildman–Crippen MR) is 103 cm³/mol. The molecule has 0 unspecified atom stereocenters. The molecule has 3 heteroatoms. The Hall–Kier alpha value is -2.68. The Kier molecular flexibility index (Phi) is 3.60. The second-order valence-corrected chi connectivity index (χ2v) is 7.21. The molecule has 4 rings (SSSR count). The summed E-state index contributed by atoms with van der Waals surface area (Å²) in [6.45, 7) is 6.38. The minimum absolute atomic E-state index is 0.175. The van der Waals surface area contributed by atoms with E-state index in [0.717, 1.165) is 17.7 Å². The van der Waals surface area contributed by atoms with E-state index in [1.165, 1.54) is 11.1 Å². The first-order valence-corrected chi connectivity index (χ1v) is 8.79. The summed E-state index contributed by atoms with van der Waals surface area (Å²) in [5, 5.41) is 0. The van der Waals surface area contributed by atoms with Gasteiger partial charge in [-0.3, -0.25) is 9.59 Å². The topological polar surface area (TPSA) is 37.4 Å². The summed E-state index contributed by atoms with van der Waals surface area (Å²) in [4.78, 5) is 26.8. The molecule has 1 atom stereocenters. The number of anilines is 2. The molecule has 0 N–H and O–H groups in total. The van der Waals surface area contributed by atoms with Crippen LogP contribution in [0.3, 0.4) is 0 Å². The Morgan fingerprint density at radius 2 is 1.64 bits per heavy atom. The van der Waals surface area contributed by atoms with Crippen molar-refractivity contribution in [2.24, 2.45) is 0 Å². The van der Waals surface area contributed by atoms with E-state index in [2.05, 4.69) is 26.8 Å². The van der Waals surface area contributed by atoms with Crippen molar-refractivity contribution in [2.75, 3.05) is 4.90 Å². The van der Waals surface area contributed by atoms with Gasteiger partial charge in [-0.25, -0.2) is 0 Å². The smallest absolute Gasteiger partial charge is 0.250 e. The van der Waals surface area contributed by atoms with Crippen LogP contribution in [-0.4, -0.2) is 6.04 Å². The highest BCUT2D eigenvalue weighted by atomic mass is 16.2. The maximum absolute atomic E-state index is 12.4. The Balaban J connectivity index is 1.82. The van der Waals surface area contributed by atoms with E-state index in [0.29, 0.717) is 17.2 Å². The third-order valence-corrected chi connectivity index (χ3v) is 5.20. The van der Waals surface area contributed by atoms with E-state index >= 15 is 0 Å². The molecule has 3 aromatic rings. The van der Waals surface area contributed by atoms with Crippen LogP contribution in [-0.2, 0) is 6.42 Å². The maximum Gasteiger partial charge on any atom is 0.250 e. The minimum atomic E-state index is -0.371. The lowest BCUT2D eigenvalue weighted by molar-refractivity contribution is 0.755. The van der Waals surface area contributed by atoms with Gasteiger partial charge in [-0.05, 0) is 42.0 Å². The molecule has 0 amide bonds. The Morgan fingerprint density at radius 1 is 0.960 bits per heavy atom. The van der Waals surface area contributed by atoms with Gasteiger partial charge < -0.3 is 4.90 Å². The summed E-state index contributed by atoms with van der Waals surface area (Å²) in [5.41, 5.74) is 4.70.